The minimum Gasteiger partial charge on any atom is -0.481 e. The Morgan fingerprint density at radius 3 is 2.31 bits per heavy atom. The second-order valence-corrected chi connectivity index (χ2v) is 14.7. The maximum absolute atomic E-state index is 13.7. The van der Waals surface area contributed by atoms with E-state index in [1.165, 1.54) is 23.8 Å². The number of ether oxygens (including phenoxy) is 1. The lowest BCUT2D eigenvalue weighted by Crippen LogP contribution is -2.71. The maximum Gasteiger partial charge on any atom is 0.312 e. The van der Waals surface area contributed by atoms with Gasteiger partial charge in [0.2, 0.25) is 0 Å². The van der Waals surface area contributed by atoms with E-state index in [1.807, 2.05) is 33.0 Å². The SMILES string of the molecule is CC(=Cc1ccc(Cc2cccnc2)cc1)COCC(C)(C)CC1(C(=O)O)C(C)NC(C)C(C(=O)O)(C(C)C)C1c1cccc([N+](=O)[O-])c1. The summed E-state index contributed by atoms with van der Waals surface area (Å²) in [5.41, 5.74) is 0.500. The molecule has 5 atom stereocenters. The van der Waals surface area contributed by atoms with Gasteiger partial charge in [-0.1, -0.05) is 76.2 Å². The molecule has 1 aliphatic rings. The van der Waals surface area contributed by atoms with Gasteiger partial charge in [0.25, 0.3) is 5.69 Å². The van der Waals surface area contributed by atoms with Crippen molar-refractivity contribution in [1.29, 1.82) is 0 Å². The van der Waals surface area contributed by atoms with Crippen molar-refractivity contribution < 1.29 is 29.5 Å². The number of nitrogens with one attached hydrogen (secondary N) is 1. The number of carboxylic acids is 2. The molecule has 2 aromatic carbocycles. The molecule has 1 saturated heterocycles. The Labute approximate surface area is 288 Å². The summed E-state index contributed by atoms with van der Waals surface area (Å²) in [6, 6.07) is 16.8. The molecule has 4 rings (SSSR count). The van der Waals surface area contributed by atoms with Gasteiger partial charge in [-0.05, 0) is 78.8 Å². The van der Waals surface area contributed by atoms with Crippen LogP contribution in [-0.2, 0) is 20.7 Å². The number of rotatable bonds is 14. The molecule has 1 fully saturated rings. The van der Waals surface area contributed by atoms with Crippen LogP contribution in [0.5, 0.6) is 0 Å². The Balaban J connectivity index is 1.61. The third kappa shape index (κ3) is 7.76. The minimum atomic E-state index is -1.65. The monoisotopic (exact) mass is 671 g/mol. The fourth-order valence-corrected chi connectivity index (χ4v) is 8.13. The Morgan fingerprint density at radius 1 is 1.04 bits per heavy atom. The van der Waals surface area contributed by atoms with Crippen molar-refractivity contribution in [2.75, 3.05) is 13.2 Å². The van der Waals surface area contributed by atoms with Crippen molar-refractivity contribution in [3.05, 3.63) is 111 Å². The van der Waals surface area contributed by atoms with Crippen molar-refractivity contribution in [3.8, 4) is 0 Å². The molecule has 0 spiro atoms. The van der Waals surface area contributed by atoms with E-state index in [4.69, 9.17) is 4.74 Å². The zero-order valence-electron chi connectivity index (χ0n) is 29.5. The number of nitro groups is 1. The van der Waals surface area contributed by atoms with Crippen LogP contribution in [0.15, 0.2) is 78.6 Å². The summed E-state index contributed by atoms with van der Waals surface area (Å²) >= 11 is 0. The first-order valence-electron chi connectivity index (χ1n) is 16.7. The molecule has 3 N–H and O–H groups in total. The molecule has 0 radical (unpaired) electrons. The van der Waals surface area contributed by atoms with Crippen molar-refractivity contribution in [3.63, 3.8) is 0 Å². The van der Waals surface area contributed by atoms with Crippen LogP contribution < -0.4 is 5.32 Å². The zero-order chi connectivity index (χ0) is 36.1. The van der Waals surface area contributed by atoms with Crippen LogP contribution in [0, 0.1) is 32.3 Å². The molecule has 1 aliphatic heterocycles. The standard InChI is InChI=1S/C39H49N3O7/c1-25(2)39(36(45)46)28(5)41-27(4)38(35(43)44,34(39)32-11-8-12-33(20-32)42(47)48)23-37(6,7)24-49-22-26(3)18-29-13-15-30(16-14-29)19-31-10-9-17-40-21-31/h8-18,20-21,25,27-28,34,41H,19,22-24H2,1-7H3,(H,43,44)(H,45,46). The van der Waals surface area contributed by atoms with Gasteiger partial charge in [-0.3, -0.25) is 24.7 Å². The van der Waals surface area contributed by atoms with Crippen molar-refractivity contribution in [1.82, 2.24) is 10.3 Å². The van der Waals surface area contributed by atoms with Crippen LogP contribution in [0.3, 0.4) is 0 Å². The van der Waals surface area contributed by atoms with Crippen LogP contribution in [0.1, 0.15) is 83.1 Å². The van der Waals surface area contributed by atoms with E-state index in [-0.39, 0.29) is 18.7 Å². The number of hydrogen-bond donors (Lipinski definition) is 3. The zero-order valence-corrected chi connectivity index (χ0v) is 29.5. The van der Waals surface area contributed by atoms with E-state index in [9.17, 15) is 29.9 Å². The number of aromatic nitrogens is 1. The number of non-ortho nitro benzene ring substituents is 1. The van der Waals surface area contributed by atoms with E-state index in [2.05, 4.69) is 46.7 Å². The van der Waals surface area contributed by atoms with Crippen LogP contribution in [0.4, 0.5) is 5.69 Å². The molecular weight excluding hydrogens is 622 g/mol. The quantitative estimate of drug-likeness (QED) is 0.118. The fraction of sp³-hybridized carbons (Fsp3) is 0.462. The Morgan fingerprint density at radius 2 is 1.73 bits per heavy atom. The average molecular weight is 672 g/mol. The maximum atomic E-state index is 13.7. The van der Waals surface area contributed by atoms with Gasteiger partial charge in [-0.25, -0.2) is 0 Å². The number of pyridine rings is 1. The number of nitrogens with zero attached hydrogens (tertiary/aromatic N) is 2. The molecule has 1 aromatic heterocycles. The largest absolute Gasteiger partial charge is 0.481 e. The smallest absolute Gasteiger partial charge is 0.312 e. The highest BCUT2D eigenvalue weighted by molar-refractivity contribution is 5.84. The second kappa shape index (κ2) is 15.0. The third-order valence-electron chi connectivity index (χ3n) is 10.2. The molecule has 0 amide bonds. The summed E-state index contributed by atoms with van der Waals surface area (Å²) < 4.78 is 6.20. The summed E-state index contributed by atoms with van der Waals surface area (Å²) in [4.78, 5) is 42.6. The minimum absolute atomic E-state index is 0.0620. The molecule has 49 heavy (non-hydrogen) atoms. The van der Waals surface area contributed by atoms with E-state index in [0.717, 1.165) is 23.1 Å². The second-order valence-electron chi connectivity index (χ2n) is 14.7. The highest BCUT2D eigenvalue weighted by Gasteiger charge is 2.68. The molecule has 5 unspecified atom stereocenters. The first-order valence-corrected chi connectivity index (χ1v) is 16.7. The number of hydrogen-bond acceptors (Lipinski definition) is 7. The van der Waals surface area contributed by atoms with E-state index in [1.54, 1.807) is 40.0 Å². The van der Waals surface area contributed by atoms with Crippen molar-refractivity contribution in [2.24, 2.45) is 22.2 Å². The fourth-order valence-electron chi connectivity index (χ4n) is 8.13. The number of nitro benzene ring substituents is 1. The molecule has 0 aliphatic carbocycles. The van der Waals surface area contributed by atoms with Gasteiger partial charge in [0.15, 0.2) is 0 Å². The lowest BCUT2D eigenvalue weighted by molar-refractivity contribution is -0.385. The van der Waals surface area contributed by atoms with Gasteiger partial charge < -0.3 is 20.3 Å². The molecule has 10 nitrogen and oxygen atoms in total. The number of aliphatic carboxylic acids is 2. The predicted octanol–water partition coefficient (Wildman–Crippen LogP) is 7.38. The summed E-state index contributed by atoms with van der Waals surface area (Å²) in [7, 11) is 0. The first-order chi connectivity index (χ1) is 23.0. The molecule has 3 aromatic rings. The predicted molar refractivity (Wildman–Crippen MR) is 189 cm³/mol. The lowest BCUT2D eigenvalue weighted by Gasteiger charge is -2.60. The van der Waals surface area contributed by atoms with E-state index < -0.39 is 57.0 Å². The Kier molecular flexibility index (Phi) is 11.5. The molecular formula is C39H49N3O7. The number of piperidine rings is 1. The summed E-state index contributed by atoms with van der Waals surface area (Å²) in [6.07, 6.45) is 6.53. The molecule has 0 saturated carbocycles. The van der Waals surface area contributed by atoms with Crippen LogP contribution >= 0.6 is 0 Å². The van der Waals surface area contributed by atoms with Crippen LogP contribution in [-0.4, -0.2) is 57.4 Å². The Hall–Kier alpha value is -4.41. The van der Waals surface area contributed by atoms with Crippen LogP contribution in [0.25, 0.3) is 6.08 Å². The molecule has 2 heterocycles. The average Bonchev–Trinajstić information content (AvgIpc) is 3.03. The lowest BCUT2D eigenvalue weighted by atomic mass is 9.46. The third-order valence-corrected chi connectivity index (χ3v) is 10.2. The van der Waals surface area contributed by atoms with Gasteiger partial charge in [-0.15, -0.1) is 0 Å². The van der Waals surface area contributed by atoms with E-state index in [0.29, 0.717) is 12.2 Å². The summed E-state index contributed by atoms with van der Waals surface area (Å²) in [6.45, 7) is 13.4. The molecule has 10 heteroatoms. The van der Waals surface area contributed by atoms with Gasteiger partial charge in [0, 0.05) is 42.5 Å². The number of benzene rings is 2. The number of carboxylic acid groups (broad SMARTS) is 2. The highest BCUT2D eigenvalue weighted by atomic mass is 16.6. The summed E-state index contributed by atoms with van der Waals surface area (Å²) in [5.74, 6) is -3.91. The normalized spacial score (nSPS) is 24.5. The van der Waals surface area contributed by atoms with Crippen molar-refractivity contribution >= 4 is 23.7 Å². The van der Waals surface area contributed by atoms with Gasteiger partial charge in [0.1, 0.15) is 0 Å². The molecule has 0 bridgehead atoms. The van der Waals surface area contributed by atoms with Gasteiger partial charge >= 0.3 is 11.9 Å². The highest BCUT2D eigenvalue weighted by Crippen LogP contribution is 2.61. The first kappa shape index (κ1) is 37.4. The number of carbonyl (C=O) groups is 2. The summed E-state index contributed by atoms with van der Waals surface area (Å²) in [5, 5.41) is 37.3. The van der Waals surface area contributed by atoms with Gasteiger partial charge in [-0.2, -0.15) is 0 Å². The Bertz CT molecular complexity index is 1670. The van der Waals surface area contributed by atoms with E-state index >= 15 is 0 Å². The van der Waals surface area contributed by atoms with Crippen molar-refractivity contribution in [2.45, 2.75) is 79.3 Å². The van der Waals surface area contributed by atoms with Gasteiger partial charge in [0.05, 0.1) is 29.0 Å². The topological polar surface area (TPSA) is 152 Å². The molecule has 262 valence electrons. The van der Waals surface area contributed by atoms with Crippen LogP contribution in [0.2, 0.25) is 0 Å².